The second-order valence-corrected chi connectivity index (χ2v) is 3.77. The highest BCUT2D eigenvalue weighted by Crippen LogP contribution is 2.11. The van der Waals surface area contributed by atoms with Gasteiger partial charge >= 0.3 is 5.97 Å². The van der Waals surface area contributed by atoms with Gasteiger partial charge in [0.1, 0.15) is 0 Å². The maximum atomic E-state index is 11.2. The van der Waals surface area contributed by atoms with Crippen molar-refractivity contribution >= 4 is 12.0 Å². The van der Waals surface area contributed by atoms with Gasteiger partial charge < -0.3 is 4.74 Å². The van der Waals surface area contributed by atoms with Crippen LogP contribution in [0.15, 0.2) is 4.99 Å². The predicted octanol–water partition coefficient (Wildman–Crippen LogP) is 1.69. The molecule has 0 amide bonds. The van der Waals surface area contributed by atoms with E-state index in [9.17, 15) is 9.59 Å². The Bertz CT molecular complexity index is 230. The van der Waals surface area contributed by atoms with E-state index in [0.717, 1.165) is 0 Å². The monoisotopic (exact) mass is 199 g/mol. The van der Waals surface area contributed by atoms with Crippen molar-refractivity contribution in [2.24, 2.45) is 10.9 Å². The molecule has 0 aliphatic rings. The van der Waals surface area contributed by atoms with Crippen molar-refractivity contribution < 1.29 is 14.3 Å². The van der Waals surface area contributed by atoms with Gasteiger partial charge in [-0.05, 0) is 19.8 Å². The molecule has 0 heterocycles. The first-order valence-electron chi connectivity index (χ1n) is 4.73. The summed E-state index contributed by atoms with van der Waals surface area (Å²) in [5.41, 5.74) is 0. The van der Waals surface area contributed by atoms with Crippen LogP contribution in [0.3, 0.4) is 0 Å². The Morgan fingerprint density at radius 1 is 1.36 bits per heavy atom. The molecule has 0 rings (SSSR count). The number of aliphatic imine (C=N–C) groups is 1. The molecule has 0 saturated heterocycles. The minimum absolute atomic E-state index is 0.129. The second kappa shape index (κ2) is 6.33. The van der Waals surface area contributed by atoms with Crippen molar-refractivity contribution in [3.63, 3.8) is 0 Å². The molecule has 0 aliphatic heterocycles. The molecule has 0 N–H and O–H groups in total. The SMILES string of the molecule is CC(C)OC(=O)CC(N=C=O)C(C)C. The molecule has 0 radical (unpaired) electrons. The van der Waals surface area contributed by atoms with Crippen molar-refractivity contribution in [2.45, 2.75) is 46.3 Å². The van der Waals surface area contributed by atoms with Crippen molar-refractivity contribution in [1.82, 2.24) is 0 Å². The lowest BCUT2D eigenvalue weighted by molar-refractivity contribution is -0.148. The smallest absolute Gasteiger partial charge is 0.308 e. The lowest BCUT2D eigenvalue weighted by atomic mass is 10.0. The Kier molecular flexibility index (Phi) is 5.81. The summed E-state index contributed by atoms with van der Waals surface area (Å²) in [6.45, 7) is 7.36. The van der Waals surface area contributed by atoms with Gasteiger partial charge in [-0.2, -0.15) is 0 Å². The summed E-state index contributed by atoms with van der Waals surface area (Å²) in [5.74, 6) is -0.186. The van der Waals surface area contributed by atoms with Crippen molar-refractivity contribution in [2.75, 3.05) is 0 Å². The predicted molar refractivity (Wildman–Crippen MR) is 52.6 cm³/mol. The van der Waals surface area contributed by atoms with Crippen LogP contribution in [-0.4, -0.2) is 24.2 Å². The molecule has 0 spiro atoms. The summed E-state index contributed by atoms with van der Waals surface area (Å²) in [6.07, 6.45) is 1.49. The summed E-state index contributed by atoms with van der Waals surface area (Å²) < 4.78 is 4.95. The zero-order chi connectivity index (χ0) is 11.1. The van der Waals surface area contributed by atoms with Gasteiger partial charge in [0.2, 0.25) is 6.08 Å². The fraction of sp³-hybridized carbons (Fsp3) is 0.800. The minimum atomic E-state index is -0.322. The minimum Gasteiger partial charge on any atom is -0.463 e. The third-order valence-corrected chi connectivity index (χ3v) is 1.73. The quantitative estimate of drug-likeness (QED) is 0.384. The number of hydrogen-bond acceptors (Lipinski definition) is 4. The van der Waals surface area contributed by atoms with Crippen LogP contribution in [0.2, 0.25) is 0 Å². The largest absolute Gasteiger partial charge is 0.463 e. The molecular formula is C10H17NO3. The lowest BCUT2D eigenvalue weighted by Gasteiger charge is -2.14. The van der Waals surface area contributed by atoms with Gasteiger partial charge in [-0.1, -0.05) is 13.8 Å². The number of esters is 1. The number of nitrogens with zero attached hydrogens (tertiary/aromatic N) is 1. The molecule has 0 fully saturated rings. The van der Waals surface area contributed by atoms with Crippen LogP contribution in [0.4, 0.5) is 0 Å². The van der Waals surface area contributed by atoms with Gasteiger partial charge in [0.05, 0.1) is 18.6 Å². The number of rotatable bonds is 5. The molecule has 0 aromatic carbocycles. The summed E-state index contributed by atoms with van der Waals surface area (Å²) >= 11 is 0. The summed E-state index contributed by atoms with van der Waals surface area (Å²) in [7, 11) is 0. The van der Waals surface area contributed by atoms with E-state index in [1.54, 1.807) is 13.8 Å². The third kappa shape index (κ3) is 5.49. The van der Waals surface area contributed by atoms with Gasteiger partial charge in [0, 0.05) is 0 Å². The summed E-state index contributed by atoms with van der Waals surface area (Å²) in [6, 6.07) is -0.321. The summed E-state index contributed by atoms with van der Waals surface area (Å²) in [4.78, 5) is 24.9. The molecule has 0 aromatic heterocycles. The Morgan fingerprint density at radius 2 is 1.93 bits per heavy atom. The zero-order valence-electron chi connectivity index (χ0n) is 9.11. The van der Waals surface area contributed by atoms with E-state index in [-0.39, 0.29) is 30.5 Å². The Morgan fingerprint density at radius 3 is 2.29 bits per heavy atom. The van der Waals surface area contributed by atoms with E-state index in [0.29, 0.717) is 0 Å². The topological polar surface area (TPSA) is 55.7 Å². The maximum Gasteiger partial charge on any atom is 0.308 e. The van der Waals surface area contributed by atoms with Crippen molar-refractivity contribution in [3.8, 4) is 0 Å². The van der Waals surface area contributed by atoms with Crippen LogP contribution in [0, 0.1) is 5.92 Å². The highest BCUT2D eigenvalue weighted by Gasteiger charge is 2.18. The number of ether oxygens (including phenoxy) is 1. The Hall–Kier alpha value is -1.15. The van der Waals surface area contributed by atoms with Crippen LogP contribution in [-0.2, 0) is 14.3 Å². The van der Waals surface area contributed by atoms with Gasteiger partial charge in [0.25, 0.3) is 0 Å². The van der Waals surface area contributed by atoms with Crippen molar-refractivity contribution in [1.29, 1.82) is 0 Å². The molecule has 14 heavy (non-hydrogen) atoms. The summed E-state index contributed by atoms with van der Waals surface area (Å²) in [5, 5.41) is 0. The molecule has 1 atom stereocenters. The first-order valence-corrected chi connectivity index (χ1v) is 4.73. The van der Waals surface area contributed by atoms with E-state index in [1.807, 2.05) is 13.8 Å². The standard InChI is InChI=1S/C10H17NO3/c1-7(2)9(11-6-12)5-10(13)14-8(3)4/h7-9H,5H2,1-4H3. The van der Waals surface area contributed by atoms with Crippen LogP contribution in [0.25, 0.3) is 0 Å². The molecule has 4 nitrogen and oxygen atoms in total. The van der Waals surface area contributed by atoms with Crippen LogP contribution in [0.5, 0.6) is 0 Å². The molecule has 4 heteroatoms. The van der Waals surface area contributed by atoms with Gasteiger partial charge in [0.15, 0.2) is 0 Å². The molecule has 1 unspecified atom stereocenters. The first kappa shape index (κ1) is 12.8. The maximum absolute atomic E-state index is 11.2. The molecule has 0 aromatic rings. The first-order chi connectivity index (χ1) is 6.47. The van der Waals surface area contributed by atoms with E-state index in [4.69, 9.17) is 4.74 Å². The van der Waals surface area contributed by atoms with E-state index in [1.165, 1.54) is 6.08 Å². The number of hydrogen-bond donors (Lipinski definition) is 0. The molecule has 0 saturated carbocycles. The highest BCUT2D eigenvalue weighted by molar-refractivity contribution is 5.70. The molecule has 0 bridgehead atoms. The van der Waals surface area contributed by atoms with E-state index in [2.05, 4.69) is 4.99 Å². The van der Waals surface area contributed by atoms with E-state index < -0.39 is 0 Å². The average Bonchev–Trinajstić information content (AvgIpc) is 2.01. The van der Waals surface area contributed by atoms with Crippen molar-refractivity contribution in [3.05, 3.63) is 0 Å². The molecular weight excluding hydrogens is 182 g/mol. The number of carbonyl (C=O) groups excluding carboxylic acids is 2. The van der Waals surface area contributed by atoms with Gasteiger partial charge in [-0.15, -0.1) is 0 Å². The zero-order valence-corrected chi connectivity index (χ0v) is 9.11. The lowest BCUT2D eigenvalue weighted by Crippen LogP contribution is -2.21. The molecule has 80 valence electrons. The number of carbonyl (C=O) groups is 1. The van der Waals surface area contributed by atoms with Crippen LogP contribution >= 0.6 is 0 Å². The van der Waals surface area contributed by atoms with Crippen LogP contribution < -0.4 is 0 Å². The fourth-order valence-corrected chi connectivity index (χ4v) is 0.980. The van der Waals surface area contributed by atoms with Gasteiger partial charge in [-0.25, -0.2) is 9.79 Å². The third-order valence-electron chi connectivity index (χ3n) is 1.73. The molecule has 0 aliphatic carbocycles. The Balaban J connectivity index is 4.16. The normalized spacial score (nSPS) is 12.4. The fourth-order valence-electron chi connectivity index (χ4n) is 0.980. The van der Waals surface area contributed by atoms with E-state index >= 15 is 0 Å². The van der Waals surface area contributed by atoms with Gasteiger partial charge in [-0.3, -0.25) is 4.79 Å². The average molecular weight is 199 g/mol. The Labute approximate surface area is 84.4 Å². The number of isocyanates is 1. The van der Waals surface area contributed by atoms with Crippen LogP contribution in [0.1, 0.15) is 34.1 Å². The second-order valence-electron chi connectivity index (χ2n) is 3.77. The highest BCUT2D eigenvalue weighted by atomic mass is 16.5.